The van der Waals surface area contributed by atoms with Crippen molar-refractivity contribution in [2.45, 2.75) is 26.3 Å². The number of carbonyl (C=O) groups is 1. The summed E-state index contributed by atoms with van der Waals surface area (Å²) in [6.07, 6.45) is 2.58. The summed E-state index contributed by atoms with van der Waals surface area (Å²) in [6.45, 7) is 6.08. The van der Waals surface area contributed by atoms with E-state index in [2.05, 4.69) is 37.5 Å². The van der Waals surface area contributed by atoms with Gasteiger partial charge in [0.15, 0.2) is 11.5 Å². The third-order valence-electron chi connectivity index (χ3n) is 3.57. The minimum absolute atomic E-state index is 0.00981. The molecule has 0 aliphatic carbocycles. The number of aromatic amines is 1. The Morgan fingerprint density at radius 2 is 2.33 bits per heavy atom. The molecule has 2 aromatic heterocycles. The number of amides is 1. The maximum absolute atomic E-state index is 11.9. The van der Waals surface area contributed by atoms with E-state index < -0.39 is 0 Å². The highest BCUT2D eigenvalue weighted by Crippen LogP contribution is 2.25. The Morgan fingerprint density at radius 3 is 3.14 bits per heavy atom. The van der Waals surface area contributed by atoms with Crippen LogP contribution in [0.3, 0.4) is 0 Å². The molecule has 1 amide bonds. The molecule has 1 fully saturated rings. The van der Waals surface area contributed by atoms with Crippen molar-refractivity contribution in [3.8, 4) is 0 Å². The molecule has 1 aliphatic rings. The molecule has 0 aromatic carbocycles. The summed E-state index contributed by atoms with van der Waals surface area (Å²) < 4.78 is 0. The minimum atomic E-state index is -0.265. The van der Waals surface area contributed by atoms with E-state index in [0.717, 1.165) is 24.3 Å². The van der Waals surface area contributed by atoms with Gasteiger partial charge in [-0.05, 0) is 13.3 Å². The number of anilines is 2. The van der Waals surface area contributed by atoms with Gasteiger partial charge in [-0.2, -0.15) is 9.97 Å². The molecule has 1 unspecified atom stereocenters. The van der Waals surface area contributed by atoms with Crippen LogP contribution in [0.1, 0.15) is 20.3 Å². The first kappa shape index (κ1) is 13.6. The fraction of sp³-hybridized carbons (Fsp3) is 0.538. The standard InChI is InChI=1S/C13H19N7O/c1-3-4-15-13-18-10-9(16-7-17-10)11(19-13)20-6-5-14-12(21)8(20)2/h7-8H,3-6H2,1-2H3,(H,14,21)(H2,15,16,17,18,19). The van der Waals surface area contributed by atoms with Crippen molar-refractivity contribution in [1.82, 2.24) is 25.3 Å². The highest BCUT2D eigenvalue weighted by Gasteiger charge is 2.28. The average Bonchev–Trinajstić information content (AvgIpc) is 2.95. The number of carbonyl (C=O) groups excluding carboxylic acids is 1. The zero-order chi connectivity index (χ0) is 14.8. The van der Waals surface area contributed by atoms with Gasteiger partial charge in [0.1, 0.15) is 11.6 Å². The van der Waals surface area contributed by atoms with Gasteiger partial charge in [0, 0.05) is 19.6 Å². The molecule has 112 valence electrons. The van der Waals surface area contributed by atoms with E-state index in [1.165, 1.54) is 0 Å². The summed E-state index contributed by atoms with van der Waals surface area (Å²) in [5.41, 5.74) is 1.37. The topological polar surface area (TPSA) is 98.8 Å². The van der Waals surface area contributed by atoms with E-state index in [4.69, 9.17) is 0 Å². The normalized spacial score (nSPS) is 18.9. The number of hydrogen-bond donors (Lipinski definition) is 3. The van der Waals surface area contributed by atoms with Gasteiger partial charge in [0.25, 0.3) is 0 Å². The van der Waals surface area contributed by atoms with Crippen LogP contribution in [-0.2, 0) is 4.79 Å². The number of piperazine rings is 1. The van der Waals surface area contributed by atoms with E-state index in [9.17, 15) is 4.79 Å². The van der Waals surface area contributed by atoms with E-state index in [-0.39, 0.29) is 11.9 Å². The van der Waals surface area contributed by atoms with Crippen molar-refractivity contribution in [2.75, 3.05) is 29.9 Å². The van der Waals surface area contributed by atoms with Gasteiger partial charge in [-0.1, -0.05) is 6.92 Å². The lowest BCUT2D eigenvalue weighted by molar-refractivity contribution is -0.122. The maximum Gasteiger partial charge on any atom is 0.242 e. The smallest absolute Gasteiger partial charge is 0.242 e. The molecule has 3 rings (SSSR count). The Kier molecular flexibility index (Phi) is 3.59. The van der Waals surface area contributed by atoms with Crippen molar-refractivity contribution in [3.05, 3.63) is 6.33 Å². The molecule has 3 N–H and O–H groups in total. The fourth-order valence-electron chi connectivity index (χ4n) is 2.41. The van der Waals surface area contributed by atoms with Gasteiger partial charge >= 0.3 is 0 Å². The number of nitrogens with zero attached hydrogens (tertiary/aromatic N) is 4. The summed E-state index contributed by atoms with van der Waals surface area (Å²) in [5.74, 6) is 1.28. The average molecular weight is 289 g/mol. The van der Waals surface area contributed by atoms with Gasteiger partial charge in [0.2, 0.25) is 11.9 Å². The van der Waals surface area contributed by atoms with E-state index >= 15 is 0 Å². The predicted octanol–water partition coefficient (Wildman–Crippen LogP) is 0.499. The molecular weight excluding hydrogens is 270 g/mol. The maximum atomic E-state index is 11.9. The molecule has 0 radical (unpaired) electrons. The molecule has 8 heteroatoms. The highest BCUT2D eigenvalue weighted by atomic mass is 16.2. The van der Waals surface area contributed by atoms with Gasteiger partial charge < -0.3 is 20.5 Å². The summed E-state index contributed by atoms with van der Waals surface area (Å²) in [6, 6.07) is -0.265. The molecule has 1 atom stereocenters. The molecular formula is C13H19N7O. The quantitative estimate of drug-likeness (QED) is 0.758. The number of rotatable bonds is 4. The van der Waals surface area contributed by atoms with Crippen LogP contribution in [0.25, 0.3) is 11.2 Å². The second kappa shape index (κ2) is 5.55. The Labute approximate surface area is 122 Å². The van der Waals surface area contributed by atoms with Crippen molar-refractivity contribution >= 4 is 28.8 Å². The van der Waals surface area contributed by atoms with Crippen LogP contribution in [0.4, 0.5) is 11.8 Å². The summed E-state index contributed by atoms with van der Waals surface area (Å²) >= 11 is 0. The monoisotopic (exact) mass is 289 g/mol. The first-order chi connectivity index (χ1) is 10.2. The predicted molar refractivity (Wildman–Crippen MR) is 80.3 cm³/mol. The van der Waals surface area contributed by atoms with E-state index in [0.29, 0.717) is 24.7 Å². The minimum Gasteiger partial charge on any atom is -0.354 e. The largest absolute Gasteiger partial charge is 0.354 e. The molecule has 0 bridgehead atoms. The van der Waals surface area contributed by atoms with Crippen LogP contribution in [0, 0.1) is 0 Å². The number of H-pyrrole nitrogens is 1. The number of hydrogen-bond acceptors (Lipinski definition) is 6. The first-order valence-electron chi connectivity index (χ1n) is 7.20. The lowest BCUT2D eigenvalue weighted by atomic mass is 10.2. The molecule has 3 heterocycles. The van der Waals surface area contributed by atoms with Crippen LogP contribution in [0.15, 0.2) is 6.33 Å². The Balaban J connectivity index is 2.02. The molecule has 8 nitrogen and oxygen atoms in total. The Bertz CT molecular complexity index is 653. The van der Waals surface area contributed by atoms with Gasteiger partial charge in [0.05, 0.1) is 6.33 Å². The molecule has 0 saturated carbocycles. The van der Waals surface area contributed by atoms with Crippen molar-refractivity contribution < 1.29 is 4.79 Å². The van der Waals surface area contributed by atoms with Gasteiger partial charge in [-0.3, -0.25) is 4.79 Å². The third-order valence-corrected chi connectivity index (χ3v) is 3.57. The molecule has 1 saturated heterocycles. The van der Waals surface area contributed by atoms with Crippen LogP contribution < -0.4 is 15.5 Å². The zero-order valence-corrected chi connectivity index (χ0v) is 12.2. The van der Waals surface area contributed by atoms with E-state index in [1.807, 2.05) is 11.8 Å². The van der Waals surface area contributed by atoms with Crippen LogP contribution in [0.2, 0.25) is 0 Å². The van der Waals surface area contributed by atoms with Crippen molar-refractivity contribution in [2.24, 2.45) is 0 Å². The Morgan fingerprint density at radius 1 is 1.48 bits per heavy atom. The van der Waals surface area contributed by atoms with Crippen LogP contribution in [-0.4, -0.2) is 51.5 Å². The lowest BCUT2D eigenvalue weighted by Gasteiger charge is -2.33. The van der Waals surface area contributed by atoms with Crippen molar-refractivity contribution in [3.63, 3.8) is 0 Å². The summed E-state index contributed by atoms with van der Waals surface area (Å²) in [4.78, 5) is 30.1. The number of imidazole rings is 1. The molecule has 21 heavy (non-hydrogen) atoms. The van der Waals surface area contributed by atoms with Gasteiger partial charge in [-0.25, -0.2) is 4.98 Å². The second-order valence-corrected chi connectivity index (χ2v) is 5.06. The lowest BCUT2D eigenvalue weighted by Crippen LogP contribution is -2.54. The third kappa shape index (κ3) is 2.48. The number of fused-ring (bicyclic) bond motifs is 1. The number of aromatic nitrogens is 4. The summed E-state index contributed by atoms with van der Waals surface area (Å²) in [7, 11) is 0. The molecule has 1 aliphatic heterocycles. The Hall–Kier alpha value is -2.38. The first-order valence-corrected chi connectivity index (χ1v) is 7.20. The SMILES string of the molecule is CCCNc1nc(N2CCNC(=O)C2C)c2[nH]cnc2n1. The highest BCUT2D eigenvalue weighted by molar-refractivity contribution is 5.91. The van der Waals surface area contributed by atoms with Crippen LogP contribution >= 0.6 is 0 Å². The molecule has 0 spiro atoms. The fourth-order valence-corrected chi connectivity index (χ4v) is 2.41. The van der Waals surface area contributed by atoms with Crippen LogP contribution in [0.5, 0.6) is 0 Å². The number of nitrogens with one attached hydrogen (secondary N) is 3. The van der Waals surface area contributed by atoms with Gasteiger partial charge in [-0.15, -0.1) is 0 Å². The zero-order valence-electron chi connectivity index (χ0n) is 12.2. The second-order valence-electron chi connectivity index (χ2n) is 5.06. The van der Waals surface area contributed by atoms with E-state index in [1.54, 1.807) is 6.33 Å². The summed E-state index contributed by atoms with van der Waals surface area (Å²) in [5, 5.41) is 6.04. The van der Waals surface area contributed by atoms with Crippen molar-refractivity contribution in [1.29, 1.82) is 0 Å². The molecule has 2 aromatic rings.